The molecule has 0 fully saturated rings. The number of nitrogens with one attached hydrogen (secondary N) is 1. The minimum absolute atomic E-state index is 0.210. The topological polar surface area (TPSA) is 54.9 Å². The van der Waals surface area contributed by atoms with Gasteiger partial charge in [-0.3, -0.25) is 15.1 Å². The molecular weight excluding hydrogens is 350 g/mol. The lowest BCUT2D eigenvalue weighted by Crippen LogP contribution is -2.11. The minimum Gasteiger partial charge on any atom is -0.298 e. The van der Waals surface area contributed by atoms with Crippen molar-refractivity contribution in [3.8, 4) is 0 Å². The number of hydrogen-bond acceptors (Lipinski definition) is 4. The summed E-state index contributed by atoms with van der Waals surface area (Å²) in [5, 5.41) is 3.42. The van der Waals surface area contributed by atoms with Crippen molar-refractivity contribution >= 4 is 48.5 Å². The van der Waals surface area contributed by atoms with Gasteiger partial charge in [0.15, 0.2) is 5.13 Å². The maximum absolute atomic E-state index is 12.2. The molecule has 4 nitrogen and oxygen atoms in total. The Morgan fingerprint density at radius 3 is 2.95 bits per heavy atom. The second-order valence-electron chi connectivity index (χ2n) is 4.52. The normalized spacial score (nSPS) is 10.8. The lowest BCUT2D eigenvalue weighted by Gasteiger charge is -2.00. The Morgan fingerprint density at radius 2 is 2.19 bits per heavy atom. The Balaban J connectivity index is 1.86. The van der Waals surface area contributed by atoms with Crippen LogP contribution in [0, 0.1) is 0 Å². The molecular formula is C15H12BrN3OS. The molecule has 1 aromatic carbocycles. The van der Waals surface area contributed by atoms with Gasteiger partial charge in [-0.1, -0.05) is 24.3 Å². The third-order valence-electron chi connectivity index (χ3n) is 3.05. The molecule has 1 N–H and O–H groups in total. The highest BCUT2D eigenvalue weighted by atomic mass is 79.9. The summed E-state index contributed by atoms with van der Waals surface area (Å²) < 4.78 is 1.85. The van der Waals surface area contributed by atoms with E-state index in [9.17, 15) is 4.79 Å². The van der Waals surface area contributed by atoms with Crippen LogP contribution < -0.4 is 5.32 Å². The molecule has 0 aliphatic heterocycles. The number of anilines is 1. The number of aryl methyl sites for hydroxylation is 1. The second kappa shape index (κ2) is 5.91. The molecule has 0 spiro atoms. The summed E-state index contributed by atoms with van der Waals surface area (Å²) in [5.74, 6) is -0.210. The molecule has 0 saturated heterocycles. The smallest absolute Gasteiger partial charge is 0.259 e. The highest BCUT2D eigenvalue weighted by molar-refractivity contribution is 9.10. The largest absolute Gasteiger partial charge is 0.298 e. The Morgan fingerprint density at radius 1 is 1.33 bits per heavy atom. The molecule has 3 aromatic rings. The molecule has 106 valence electrons. The van der Waals surface area contributed by atoms with E-state index in [-0.39, 0.29) is 5.91 Å². The SMILES string of the molecule is CCc1ccc2nc(NC(=O)c3cncc(Br)c3)sc2c1. The zero-order valence-corrected chi connectivity index (χ0v) is 13.7. The first-order valence-corrected chi connectivity index (χ1v) is 8.08. The standard InChI is InChI=1S/C15H12BrN3OS/c1-2-9-3-4-12-13(5-9)21-15(18-12)19-14(20)10-6-11(16)8-17-7-10/h3-8H,2H2,1H3,(H,18,19,20). The molecule has 1 amide bonds. The first-order valence-electron chi connectivity index (χ1n) is 6.47. The Hall–Kier alpha value is -1.79. The van der Waals surface area contributed by atoms with Gasteiger partial charge in [0, 0.05) is 16.9 Å². The summed E-state index contributed by atoms with van der Waals surface area (Å²) in [6.45, 7) is 2.12. The fourth-order valence-corrected chi connectivity index (χ4v) is 3.24. The minimum atomic E-state index is -0.210. The van der Waals surface area contributed by atoms with Crippen LogP contribution in [0.4, 0.5) is 5.13 Å². The zero-order chi connectivity index (χ0) is 14.8. The third-order valence-corrected chi connectivity index (χ3v) is 4.42. The Bertz CT molecular complexity index is 816. The van der Waals surface area contributed by atoms with Gasteiger partial charge in [0.25, 0.3) is 5.91 Å². The van der Waals surface area contributed by atoms with Crippen molar-refractivity contribution in [3.63, 3.8) is 0 Å². The molecule has 6 heteroatoms. The predicted octanol–water partition coefficient (Wildman–Crippen LogP) is 4.27. The van der Waals surface area contributed by atoms with Gasteiger partial charge in [-0.15, -0.1) is 0 Å². The van der Waals surface area contributed by atoms with Crippen LogP contribution in [0.2, 0.25) is 0 Å². The quantitative estimate of drug-likeness (QED) is 0.757. The maximum atomic E-state index is 12.2. The van der Waals surface area contributed by atoms with E-state index in [1.165, 1.54) is 23.1 Å². The van der Waals surface area contributed by atoms with Gasteiger partial charge in [-0.05, 0) is 46.1 Å². The maximum Gasteiger partial charge on any atom is 0.259 e. The molecule has 0 atom stereocenters. The van der Waals surface area contributed by atoms with E-state index in [4.69, 9.17) is 0 Å². The number of carbonyl (C=O) groups excluding carboxylic acids is 1. The number of hydrogen-bond donors (Lipinski definition) is 1. The van der Waals surface area contributed by atoms with Crippen molar-refractivity contribution in [1.29, 1.82) is 0 Å². The molecule has 3 rings (SSSR count). The molecule has 0 aliphatic rings. The number of pyridine rings is 1. The Kier molecular flexibility index (Phi) is 3.98. The van der Waals surface area contributed by atoms with Gasteiger partial charge in [-0.2, -0.15) is 0 Å². The van der Waals surface area contributed by atoms with Crippen molar-refractivity contribution in [2.75, 3.05) is 5.32 Å². The van der Waals surface area contributed by atoms with Crippen molar-refractivity contribution in [3.05, 3.63) is 52.3 Å². The Labute approximate surface area is 134 Å². The van der Waals surface area contributed by atoms with Crippen LogP contribution in [0.3, 0.4) is 0 Å². The highest BCUT2D eigenvalue weighted by Gasteiger charge is 2.10. The fourth-order valence-electron chi connectivity index (χ4n) is 1.95. The first kappa shape index (κ1) is 14.2. The van der Waals surface area contributed by atoms with E-state index in [0.29, 0.717) is 10.7 Å². The summed E-state index contributed by atoms with van der Waals surface area (Å²) in [5.41, 5.74) is 2.66. The number of halogens is 1. The molecule has 0 saturated carbocycles. The molecule has 0 aliphatic carbocycles. The molecule has 0 radical (unpaired) electrons. The number of amides is 1. The van der Waals surface area contributed by atoms with Crippen LogP contribution in [0.25, 0.3) is 10.2 Å². The van der Waals surface area contributed by atoms with Crippen LogP contribution >= 0.6 is 27.3 Å². The summed E-state index contributed by atoms with van der Waals surface area (Å²) >= 11 is 4.78. The van der Waals surface area contributed by atoms with Gasteiger partial charge in [0.2, 0.25) is 0 Å². The van der Waals surface area contributed by atoms with Crippen LogP contribution in [-0.2, 0) is 6.42 Å². The molecule has 2 aromatic heterocycles. The van der Waals surface area contributed by atoms with E-state index in [1.54, 1.807) is 12.3 Å². The molecule has 21 heavy (non-hydrogen) atoms. The van der Waals surface area contributed by atoms with E-state index in [2.05, 4.69) is 50.3 Å². The van der Waals surface area contributed by atoms with Crippen molar-refractivity contribution in [1.82, 2.24) is 9.97 Å². The highest BCUT2D eigenvalue weighted by Crippen LogP contribution is 2.27. The van der Waals surface area contributed by atoms with Crippen LogP contribution in [0.5, 0.6) is 0 Å². The molecule has 0 unspecified atom stereocenters. The van der Waals surface area contributed by atoms with E-state index in [0.717, 1.165) is 21.1 Å². The third kappa shape index (κ3) is 3.11. The monoisotopic (exact) mass is 361 g/mol. The molecule has 0 bridgehead atoms. The number of nitrogens with zero attached hydrogens (tertiary/aromatic N) is 2. The van der Waals surface area contributed by atoms with Gasteiger partial charge in [0.1, 0.15) is 0 Å². The van der Waals surface area contributed by atoms with Crippen molar-refractivity contribution in [2.45, 2.75) is 13.3 Å². The van der Waals surface area contributed by atoms with E-state index < -0.39 is 0 Å². The summed E-state index contributed by atoms with van der Waals surface area (Å²) in [6.07, 6.45) is 4.16. The van der Waals surface area contributed by atoms with Gasteiger partial charge < -0.3 is 0 Å². The van der Waals surface area contributed by atoms with Crippen LogP contribution in [0.15, 0.2) is 41.1 Å². The number of benzene rings is 1. The average Bonchev–Trinajstić information content (AvgIpc) is 2.88. The van der Waals surface area contributed by atoms with Gasteiger partial charge >= 0.3 is 0 Å². The number of carbonyl (C=O) groups is 1. The number of fused-ring (bicyclic) bond motifs is 1. The number of rotatable bonds is 3. The number of thiazole rings is 1. The van der Waals surface area contributed by atoms with E-state index >= 15 is 0 Å². The van der Waals surface area contributed by atoms with Crippen molar-refractivity contribution < 1.29 is 4.79 Å². The van der Waals surface area contributed by atoms with Crippen molar-refractivity contribution in [2.24, 2.45) is 0 Å². The van der Waals surface area contributed by atoms with Gasteiger partial charge in [0.05, 0.1) is 15.8 Å². The van der Waals surface area contributed by atoms with Gasteiger partial charge in [-0.25, -0.2) is 4.98 Å². The first-order chi connectivity index (χ1) is 10.2. The van der Waals surface area contributed by atoms with Crippen LogP contribution in [0.1, 0.15) is 22.8 Å². The average molecular weight is 362 g/mol. The summed E-state index contributed by atoms with van der Waals surface area (Å²) in [6, 6.07) is 7.89. The van der Waals surface area contributed by atoms with Crippen LogP contribution in [-0.4, -0.2) is 15.9 Å². The lowest BCUT2D eigenvalue weighted by atomic mass is 10.2. The fraction of sp³-hybridized carbons (Fsp3) is 0.133. The summed E-state index contributed by atoms with van der Waals surface area (Å²) in [7, 11) is 0. The van der Waals surface area contributed by atoms with E-state index in [1.807, 2.05) is 6.07 Å². The second-order valence-corrected chi connectivity index (χ2v) is 6.47. The summed E-state index contributed by atoms with van der Waals surface area (Å²) in [4.78, 5) is 20.6. The predicted molar refractivity (Wildman–Crippen MR) is 88.9 cm³/mol. The number of aromatic nitrogens is 2. The lowest BCUT2D eigenvalue weighted by molar-refractivity contribution is 0.102. The zero-order valence-electron chi connectivity index (χ0n) is 11.3. The molecule has 2 heterocycles.